The van der Waals surface area contributed by atoms with Crippen LogP contribution in [0, 0.1) is 18.8 Å². The predicted octanol–water partition coefficient (Wildman–Crippen LogP) is 2.70. The van der Waals surface area contributed by atoms with Gasteiger partial charge in [0.05, 0.1) is 0 Å². The molecule has 1 N–H and O–H groups in total. The fourth-order valence-corrected chi connectivity index (χ4v) is 2.66. The maximum atomic E-state index is 12.2. The lowest BCUT2D eigenvalue weighted by atomic mass is 9.95. The highest BCUT2D eigenvalue weighted by molar-refractivity contribution is 5.91. The molecule has 0 radical (unpaired) electrons. The maximum Gasteiger partial charge on any atom is 0.228 e. The molecule has 0 spiro atoms. The first-order valence-electron chi connectivity index (χ1n) is 7.50. The van der Waals surface area contributed by atoms with E-state index in [-0.39, 0.29) is 11.8 Å². The van der Waals surface area contributed by atoms with E-state index in [1.165, 1.54) is 0 Å². The van der Waals surface area contributed by atoms with Crippen molar-refractivity contribution in [1.29, 1.82) is 0 Å². The monoisotopic (exact) mass is 275 g/mol. The average molecular weight is 275 g/mol. The summed E-state index contributed by atoms with van der Waals surface area (Å²) in [4.78, 5) is 18.9. The molecule has 0 atom stereocenters. The second-order valence-electron chi connectivity index (χ2n) is 6.18. The van der Waals surface area contributed by atoms with E-state index in [4.69, 9.17) is 0 Å². The van der Waals surface area contributed by atoms with Crippen molar-refractivity contribution in [2.45, 2.75) is 33.6 Å². The number of rotatable bonds is 4. The van der Waals surface area contributed by atoms with Crippen molar-refractivity contribution in [3.63, 3.8) is 0 Å². The van der Waals surface area contributed by atoms with E-state index < -0.39 is 0 Å². The molecule has 1 amide bonds. The highest BCUT2D eigenvalue weighted by atomic mass is 16.1. The summed E-state index contributed by atoms with van der Waals surface area (Å²) in [6.45, 7) is 9.65. The van der Waals surface area contributed by atoms with Crippen LogP contribution in [0.4, 0.5) is 5.82 Å². The largest absolute Gasteiger partial charge is 0.310 e. The van der Waals surface area contributed by atoms with Gasteiger partial charge in [0.1, 0.15) is 5.82 Å². The van der Waals surface area contributed by atoms with E-state index in [1.54, 1.807) is 6.20 Å². The fourth-order valence-electron chi connectivity index (χ4n) is 2.66. The van der Waals surface area contributed by atoms with Crippen LogP contribution < -0.4 is 5.32 Å². The molecule has 0 aromatic carbocycles. The Hall–Kier alpha value is -1.42. The lowest BCUT2D eigenvalue weighted by Crippen LogP contribution is -2.39. The highest BCUT2D eigenvalue weighted by Gasteiger charge is 2.25. The van der Waals surface area contributed by atoms with Gasteiger partial charge in [0, 0.05) is 18.7 Å². The molecule has 0 aliphatic carbocycles. The number of amides is 1. The van der Waals surface area contributed by atoms with Gasteiger partial charge >= 0.3 is 0 Å². The number of anilines is 1. The van der Waals surface area contributed by atoms with E-state index in [1.807, 2.05) is 19.1 Å². The van der Waals surface area contributed by atoms with Gasteiger partial charge in [-0.3, -0.25) is 4.79 Å². The zero-order valence-corrected chi connectivity index (χ0v) is 12.7. The quantitative estimate of drug-likeness (QED) is 0.919. The zero-order valence-electron chi connectivity index (χ0n) is 12.7. The number of piperidine rings is 1. The van der Waals surface area contributed by atoms with Crippen molar-refractivity contribution < 1.29 is 4.79 Å². The van der Waals surface area contributed by atoms with Crippen molar-refractivity contribution in [3.05, 3.63) is 23.9 Å². The van der Waals surface area contributed by atoms with Gasteiger partial charge in [-0.2, -0.15) is 0 Å². The summed E-state index contributed by atoms with van der Waals surface area (Å²) in [5.74, 6) is 1.59. The first-order chi connectivity index (χ1) is 9.54. The Morgan fingerprint density at radius 1 is 1.40 bits per heavy atom. The van der Waals surface area contributed by atoms with Gasteiger partial charge in [-0.25, -0.2) is 4.98 Å². The molecule has 2 rings (SSSR count). The maximum absolute atomic E-state index is 12.2. The summed E-state index contributed by atoms with van der Waals surface area (Å²) in [6.07, 6.45) is 3.68. The molecule has 1 aliphatic heterocycles. The third kappa shape index (κ3) is 4.30. The Balaban J connectivity index is 1.81. The number of pyridine rings is 1. The predicted molar refractivity (Wildman–Crippen MR) is 81.6 cm³/mol. The molecule has 0 saturated carbocycles. The Labute approximate surface area is 121 Å². The van der Waals surface area contributed by atoms with Gasteiger partial charge < -0.3 is 10.2 Å². The molecular weight excluding hydrogens is 250 g/mol. The van der Waals surface area contributed by atoms with E-state index >= 15 is 0 Å². The molecule has 0 unspecified atom stereocenters. The smallest absolute Gasteiger partial charge is 0.228 e. The molecule has 1 saturated heterocycles. The lowest BCUT2D eigenvalue weighted by molar-refractivity contribution is -0.121. The molecule has 0 bridgehead atoms. The number of aryl methyl sites for hydroxylation is 1. The van der Waals surface area contributed by atoms with Crippen LogP contribution in [0.25, 0.3) is 0 Å². The second kappa shape index (κ2) is 6.84. The Morgan fingerprint density at radius 2 is 2.10 bits per heavy atom. The number of aromatic nitrogens is 1. The van der Waals surface area contributed by atoms with Crippen molar-refractivity contribution in [1.82, 2.24) is 9.88 Å². The molecule has 1 aromatic heterocycles. The first-order valence-corrected chi connectivity index (χ1v) is 7.50. The standard InChI is InChI=1S/C16H25N3O/c1-12(2)11-19-8-6-14(7-9-19)16(20)18-15-5-4-13(3)10-17-15/h4-5,10,12,14H,6-9,11H2,1-3H3,(H,17,18,20). The number of hydrogen-bond acceptors (Lipinski definition) is 3. The van der Waals surface area contributed by atoms with Gasteiger partial charge in [-0.15, -0.1) is 0 Å². The number of nitrogens with one attached hydrogen (secondary N) is 1. The molecule has 2 heterocycles. The van der Waals surface area contributed by atoms with Crippen LogP contribution in [0.2, 0.25) is 0 Å². The summed E-state index contributed by atoms with van der Waals surface area (Å²) in [7, 11) is 0. The molecule has 20 heavy (non-hydrogen) atoms. The van der Waals surface area contributed by atoms with Crippen LogP contribution in [-0.2, 0) is 4.79 Å². The molecule has 1 aliphatic rings. The third-order valence-corrected chi connectivity index (χ3v) is 3.74. The number of nitrogens with zero attached hydrogens (tertiary/aromatic N) is 2. The van der Waals surface area contributed by atoms with E-state index in [2.05, 4.69) is 29.0 Å². The van der Waals surface area contributed by atoms with Crippen LogP contribution in [0.1, 0.15) is 32.3 Å². The second-order valence-corrected chi connectivity index (χ2v) is 6.18. The summed E-state index contributed by atoms with van der Waals surface area (Å²) < 4.78 is 0. The van der Waals surface area contributed by atoms with Gasteiger partial charge in [0.25, 0.3) is 0 Å². The normalized spacial score (nSPS) is 17.4. The topological polar surface area (TPSA) is 45.2 Å². The molecular formula is C16H25N3O. The van der Waals surface area contributed by atoms with Gasteiger partial charge in [-0.1, -0.05) is 19.9 Å². The summed E-state index contributed by atoms with van der Waals surface area (Å²) >= 11 is 0. The van der Waals surface area contributed by atoms with Crippen molar-refractivity contribution >= 4 is 11.7 Å². The van der Waals surface area contributed by atoms with Gasteiger partial charge in [0.15, 0.2) is 0 Å². The van der Waals surface area contributed by atoms with Crippen molar-refractivity contribution in [3.8, 4) is 0 Å². The summed E-state index contributed by atoms with van der Waals surface area (Å²) in [6, 6.07) is 3.83. The third-order valence-electron chi connectivity index (χ3n) is 3.74. The van der Waals surface area contributed by atoms with E-state index in [9.17, 15) is 4.79 Å². The van der Waals surface area contributed by atoms with Crippen LogP contribution in [0.3, 0.4) is 0 Å². The van der Waals surface area contributed by atoms with Crippen LogP contribution in [-0.4, -0.2) is 35.4 Å². The minimum Gasteiger partial charge on any atom is -0.310 e. The van der Waals surface area contributed by atoms with Crippen LogP contribution in [0.5, 0.6) is 0 Å². The van der Waals surface area contributed by atoms with Gasteiger partial charge in [0.2, 0.25) is 5.91 Å². The summed E-state index contributed by atoms with van der Waals surface area (Å²) in [5.41, 5.74) is 1.10. The molecule has 4 heteroatoms. The first kappa shape index (κ1) is 15.0. The fraction of sp³-hybridized carbons (Fsp3) is 0.625. The minimum atomic E-state index is 0.116. The van der Waals surface area contributed by atoms with Crippen molar-refractivity contribution in [2.24, 2.45) is 11.8 Å². The van der Waals surface area contributed by atoms with Crippen LogP contribution in [0.15, 0.2) is 18.3 Å². The molecule has 4 nitrogen and oxygen atoms in total. The van der Waals surface area contributed by atoms with Crippen molar-refractivity contribution in [2.75, 3.05) is 25.0 Å². The Kier molecular flexibility index (Phi) is 5.12. The Morgan fingerprint density at radius 3 is 2.65 bits per heavy atom. The van der Waals surface area contributed by atoms with E-state index in [0.717, 1.165) is 38.0 Å². The zero-order chi connectivity index (χ0) is 14.5. The number of carbonyl (C=O) groups is 1. The summed E-state index contributed by atoms with van der Waals surface area (Å²) in [5, 5.41) is 2.93. The van der Waals surface area contributed by atoms with E-state index in [0.29, 0.717) is 11.7 Å². The molecule has 1 aromatic rings. The minimum absolute atomic E-state index is 0.116. The number of carbonyl (C=O) groups excluding carboxylic acids is 1. The molecule has 1 fully saturated rings. The molecule has 110 valence electrons. The van der Waals surface area contributed by atoms with Crippen LogP contribution >= 0.6 is 0 Å². The highest BCUT2D eigenvalue weighted by Crippen LogP contribution is 2.19. The SMILES string of the molecule is Cc1ccc(NC(=O)C2CCN(CC(C)C)CC2)nc1. The Bertz CT molecular complexity index is 434. The van der Waals surface area contributed by atoms with Gasteiger partial charge in [-0.05, 0) is 50.4 Å². The number of hydrogen-bond donors (Lipinski definition) is 1. The lowest BCUT2D eigenvalue weighted by Gasteiger charge is -2.32. The average Bonchev–Trinajstić information content (AvgIpc) is 2.41. The number of likely N-dealkylation sites (tertiary alicyclic amines) is 1.